The minimum Gasteiger partial charge on any atom is -0.379 e. The molecule has 0 aromatic heterocycles. The van der Waals surface area contributed by atoms with Crippen LogP contribution in [-0.4, -0.2) is 47.7 Å². The van der Waals surface area contributed by atoms with Crippen LogP contribution in [0.2, 0.25) is 0 Å². The van der Waals surface area contributed by atoms with E-state index in [1.165, 1.54) is 0 Å². The second-order valence-electron chi connectivity index (χ2n) is 11.0. The molecule has 2 unspecified atom stereocenters. The van der Waals surface area contributed by atoms with Gasteiger partial charge in [-0.3, -0.25) is 0 Å². The molecular formula is C25H46N4O5. The predicted molar refractivity (Wildman–Crippen MR) is 131 cm³/mol. The molecule has 9 heteroatoms. The smallest absolute Gasteiger partial charge is 0.347 e. The third-order valence-electron chi connectivity index (χ3n) is 5.66. The van der Waals surface area contributed by atoms with Crippen molar-refractivity contribution in [3.8, 4) is 12.1 Å². The molecule has 0 rings (SSSR count). The summed E-state index contributed by atoms with van der Waals surface area (Å²) < 4.78 is 10.7. The molecular weight excluding hydrogens is 436 g/mol. The molecule has 0 radical (unpaired) electrons. The van der Waals surface area contributed by atoms with Crippen molar-refractivity contribution in [1.29, 1.82) is 10.5 Å². The molecule has 0 heterocycles. The average molecular weight is 483 g/mol. The van der Waals surface area contributed by atoms with Gasteiger partial charge in [0.1, 0.15) is 0 Å². The van der Waals surface area contributed by atoms with E-state index in [1.54, 1.807) is 41.9 Å². The van der Waals surface area contributed by atoms with Gasteiger partial charge in [0, 0.05) is 27.1 Å². The number of ether oxygens (including phenoxy) is 2. The molecule has 0 aromatic carbocycles. The first-order valence-electron chi connectivity index (χ1n) is 11.6. The van der Waals surface area contributed by atoms with Gasteiger partial charge in [-0.05, 0) is 61.8 Å². The van der Waals surface area contributed by atoms with Crippen molar-refractivity contribution in [1.82, 2.24) is 0 Å². The highest BCUT2D eigenvalue weighted by Gasteiger charge is 2.37. The van der Waals surface area contributed by atoms with Crippen LogP contribution in [0.4, 0.5) is 0 Å². The molecule has 34 heavy (non-hydrogen) atoms. The fraction of sp³-hybridized carbons (Fsp3) is 0.880. The van der Waals surface area contributed by atoms with E-state index in [4.69, 9.17) is 14.7 Å². The number of methoxy groups -OCH3 is 2. The highest BCUT2D eigenvalue weighted by molar-refractivity contribution is 5.75. The van der Waals surface area contributed by atoms with Crippen LogP contribution in [0.15, 0.2) is 10.2 Å². The fourth-order valence-electron chi connectivity index (χ4n) is 3.26. The Morgan fingerprint density at radius 2 is 1.21 bits per heavy atom. The van der Waals surface area contributed by atoms with Gasteiger partial charge in [0.2, 0.25) is 0 Å². The van der Waals surface area contributed by atoms with E-state index >= 15 is 0 Å². The maximum atomic E-state index is 11.0. The summed E-state index contributed by atoms with van der Waals surface area (Å²) in [4.78, 5) is 14.7. The standard InChI is InChI=1S/C16H28N4O2.C9H18O3/c1-13(2,21-7)9-15(5,11-17)19-20-16(6,12-18)10-14(3,4)22-8;1-4-5-6-7-9(2,3)8(10)12-11/h9-10H2,1-8H3;11H,4-7H2,1-3H3. The number of hydrogen-bond acceptors (Lipinski definition) is 9. The van der Waals surface area contributed by atoms with Crippen LogP contribution in [-0.2, 0) is 19.2 Å². The SMILES string of the molecule is CCCCCC(C)(C)C(=O)OO.COC(C)(C)CC(C)(C#N)N=NC(C)(C#N)CC(C)(C)OC. The molecule has 0 aromatic rings. The number of hydrogen-bond donors (Lipinski definition) is 1. The Hall–Kier alpha value is -2.07. The number of carbonyl (C=O) groups is 1. The van der Waals surface area contributed by atoms with Gasteiger partial charge in [-0.25, -0.2) is 4.79 Å². The summed E-state index contributed by atoms with van der Waals surface area (Å²) in [6.07, 6.45) is 4.77. The minimum atomic E-state index is -1.05. The molecule has 0 saturated heterocycles. The molecule has 1 N–H and O–H groups in total. The zero-order valence-corrected chi connectivity index (χ0v) is 23.1. The second-order valence-corrected chi connectivity index (χ2v) is 11.0. The zero-order valence-electron chi connectivity index (χ0n) is 23.1. The average Bonchev–Trinajstić information content (AvgIpc) is 2.77. The molecule has 0 amide bonds. The third kappa shape index (κ3) is 13.6. The van der Waals surface area contributed by atoms with Crippen molar-refractivity contribution < 1.29 is 24.4 Å². The van der Waals surface area contributed by atoms with E-state index in [0.29, 0.717) is 12.8 Å². The first-order valence-corrected chi connectivity index (χ1v) is 11.6. The van der Waals surface area contributed by atoms with Gasteiger partial charge in [0.25, 0.3) is 0 Å². The van der Waals surface area contributed by atoms with Crippen molar-refractivity contribution >= 4 is 5.97 Å². The summed E-state index contributed by atoms with van der Waals surface area (Å²) in [5, 5.41) is 35.4. The van der Waals surface area contributed by atoms with Gasteiger partial charge >= 0.3 is 5.97 Å². The van der Waals surface area contributed by atoms with Gasteiger partial charge < -0.3 is 14.4 Å². The first-order chi connectivity index (χ1) is 15.4. The Morgan fingerprint density at radius 1 is 0.824 bits per heavy atom. The molecule has 0 spiro atoms. The van der Waals surface area contributed by atoms with Crippen LogP contribution < -0.4 is 0 Å². The summed E-state index contributed by atoms with van der Waals surface area (Å²) in [6.45, 7) is 16.6. The van der Waals surface area contributed by atoms with Crippen LogP contribution >= 0.6 is 0 Å². The second kappa shape index (κ2) is 14.4. The van der Waals surface area contributed by atoms with Crippen LogP contribution in [0.5, 0.6) is 0 Å². The minimum absolute atomic E-state index is 0.381. The lowest BCUT2D eigenvalue weighted by atomic mass is 9.87. The predicted octanol–water partition coefficient (Wildman–Crippen LogP) is 6.24. The van der Waals surface area contributed by atoms with Crippen molar-refractivity contribution in [2.24, 2.45) is 15.6 Å². The van der Waals surface area contributed by atoms with Crippen molar-refractivity contribution in [3.05, 3.63) is 0 Å². The van der Waals surface area contributed by atoms with Crippen molar-refractivity contribution in [3.63, 3.8) is 0 Å². The molecule has 0 aliphatic heterocycles. The monoisotopic (exact) mass is 482 g/mol. The number of nitrogens with zero attached hydrogens (tertiary/aromatic N) is 4. The van der Waals surface area contributed by atoms with Gasteiger partial charge in [0.05, 0.1) is 28.8 Å². The highest BCUT2D eigenvalue weighted by Crippen LogP contribution is 2.30. The quantitative estimate of drug-likeness (QED) is 0.142. The summed E-state index contributed by atoms with van der Waals surface area (Å²) in [5.41, 5.74) is -3.65. The van der Waals surface area contributed by atoms with E-state index < -0.39 is 33.7 Å². The Morgan fingerprint density at radius 3 is 1.47 bits per heavy atom. The number of carbonyl (C=O) groups excluding carboxylic acids is 1. The van der Waals surface area contributed by atoms with Gasteiger partial charge in [-0.1, -0.05) is 26.2 Å². The molecule has 0 aliphatic rings. The fourth-order valence-corrected chi connectivity index (χ4v) is 3.26. The number of nitriles is 2. The van der Waals surface area contributed by atoms with Gasteiger partial charge in [-0.15, -0.1) is 0 Å². The topological polar surface area (TPSA) is 137 Å². The van der Waals surface area contributed by atoms with Crippen molar-refractivity contribution in [2.75, 3.05) is 14.2 Å². The van der Waals surface area contributed by atoms with Gasteiger partial charge in [-0.2, -0.15) is 26.0 Å². The van der Waals surface area contributed by atoms with E-state index in [0.717, 1.165) is 25.7 Å². The maximum Gasteiger partial charge on any atom is 0.347 e. The van der Waals surface area contributed by atoms with Crippen LogP contribution in [0.3, 0.4) is 0 Å². The van der Waals surface area contributed by atoms with Crippen LogP contribution in [0.1, 0.15) is 101 Å². The lowest BCUT2D eigenvalue weighted by molar-refractivity contribution is -0.244. The third-order valence-corrected chi connectivity index (χ3v) is 5.66. The Kier molecular flexibility index (Phi) is 14.4. The first kappa shape index (κ1) is 34.1. The highest BCUT2D eigenvalue weighted by atomic mass is 17.1. The Balaban J connectivity index is 0. The Bertz CT molecular complexity index is 693. The largest absolute Gasteiger partial charge is 0.379 e. The van der Waals surface area contributed by atoms with E-state index in [1.807, 2.05) is 27.7 Å². The van der Waals surface area contributed by atoms with Crippen LogP contribution in [0.25, 0.3) is 0 Å². The lowest BCUT2D eigenvalue weighted by Crippen LogP contribution is -2.37. The van der Waals surface area contributed by atoms with Crippen molar-refractivity contribution in [2.45, 2.75) is 123 Å². The number of rotatable bonds is 13. The van der Waals surface area contributed by atoms with Crippen LogP contribution in [0, 0.1) is 28.1 Å². The summed E-state index contributed by atoms with van der Waals surface area (Å²) >= 11 is 0. The van der Waals surface area contributed by atoms with E-state index in [2.05, 4.69) is 34.2 Å². The molecule has 0 saturated carbocycles. The van der Waals surface area contributed by atoms with E-state index in [9.17, 15) is 15.3 Å². The lowest BCUT2D eigenvalue weighted by Gasteiger charge is -2.31. The van der Waals surface area contributed by atoms with E-state index in [-0.39, 0.29) is 0 Å². The molecule has 0 aliphatic carbocycles. The number of azo groups is 1. The maximum absolute atomic E-state index is 11.0. The summed E-state index contributed by atoms with van der Waals surface area (Å²) in [5.74, 6) is -0.543. The zero-order chi connectivity index (χ0) is 27.3. The molecule has 2 atom stereocenters. The summed E-state index contributed by atoms with van der Waals surface area (Å²) in [6, 6.07) is 4.32. The molecule has 196 valence electrons. The normalized spacial score (nSPS) is 15.8. The molecule has 9 nitrogen and oxygen atoms in total. The Labute approximate surface area is 206 Å². The molecule has 0 bridgehead atoms. The number of unbranched alkanes of at least 4 members (excludes halogenated alkanes) is 2. The molecule has 0 fully saturated rings. The van der Waals surface area contributed by atoms with Gasteiger partial charge in [0.15, 0.2) is 11.1 Å². The summed E-state index contributed by atoms with van der Waals surface area (Å²) in [7, 11) is 3.19.